The second-order valence-corrected chi connectivity index (χ2v) is 4.63. The number of rotatable bonds is 1. The van der Waals surface area contributed by atoms with Crippen LogP contribution < -0.4 is 0 Å². The maximum absolute atomic E-state index is 2.41. The second kappa shape index (κ2) is 3.75. The molecule has 2 heteroatoms. The van der Waals surface area contributed by atoms with Crippen molar-refractivity contribution in [2.24, 2.45) is 0 Å². The molecule has 0 spiro atoms. The predicted molar refractivity (Wildman–Crippen MR) is 59.4 cm³/mol. The number of halogens is 1. The van der Waals surface area contributed by atoms with E-state index in [-0.39, 0.29) is 0 Å². The largest absolute Gasteiger partial charge is 0.247 e. The van der Waals surface area contributed by atoms with Crippen molar-refractivity contribution in [2.45, 2.75) is 12.3 Å². The molecule has 0 bridgehead atoms. The fourth-order valence-corrected chi connectivity index (χ4v) is 2.47. The third-order valence-electron chi connectivity index (χ3n) is 2.41. The molecule has 0 radical (unpaired) electrons. The fraction of sp³-hybridized carbons (Fsp3) is 0.400. The number of benzene rings is 1. The zero-order valence-electron chi connectivity index (χ0n) is 6.91. The molecule has 0 aliphatic carbocycles. The van der Waals surface area contributed by atoms with Crippen LogP contribution in [0.3, 0.4) is 0 Å². The molecule has 2 rings (SSSR count). The van der Waals surface area contributed by atoms with Crippen LogP contribution in [0.5, 0.6) is 0 Å². The Labute approximate surface area is 87.3 Å². The molecule has 64 valence electrons. The molecule has 1 aromatic carbocycles. The summed E-state index contributed by atoms with van der Waals surface area (Å²) in [6.45, 7) is 2.45. The highest BCUT2D eigenvalue weighted by Gasteiger charge is 2.21. The summed E-state index contributed by atoms with van der Waals surface area (Å²) in [5, 5.41) is 0. The van der Waals surface area contributed by atoms with E-state index in [0.717, 1.165) is 5.92 Å². The molecule has 1 atom stereocenters. The van der Waals surface area contributed by atoms with Gasteiger partial charge in [0.2, 0.25) is 0 Å². The van der Waals surface area contributed by atoms with Crippen LogP contribution in [-0.2, 0) is 0 Å². The third kappa shape index (κ3) is 1.80. The Morgan fingerprint density at radius 3 is 2.58 bits per heavy atom. The van der Waals surface area contributed by atoms with Crippen LogP contribution in [0.2, 0.25) is 0 Å². The van der Waals surface area contributed by atoms with Gasteiger partial charge in [0.1, 0.15) is 0 Å². The van der Waals surface area contributed by atoms with Gasteiger partial charge in [-0.25, -0.2) is 3.11 Å². The van der Waals surface area contributed by atoms with Crippen LogP contribution in [-0.4, -0.2) is 16.2 Å². The summed E-state index contributed by atoms with van der Waals surface area (Å²) in [4.78, 5) is 0. The molecule has 0 amide bonds. The van der Waals surface area contributed by atoms with Gasteiger partial charge in [-0.05, 0) is 17.9 Å². The van der Waals surface area contributed by atoms with Gasteiger partial charge in [-0.3, -0.25) is 0 Å². The van der Waals surface area contributed by atoms with Crippen LogP contribution in [0.4, 0.5) is 0 Å². The Kier molecular flexibility index (Phi) is 2.66. The Morgan fingerprint density at radius 2 is 2.00 bits per heavy atom. The van der Waals surface area contributed by atoms with E-state index in [2.05, 4.69) is 56.3 Å². The summed E-state index contributed by atoms with van der Waals surface area (Å²) in [7, 11) is 0. The Bertz CT molecular complexity index is 247. The lowest BCUT2D eigenvalue weighted by Crippen LogP contribution is -2.05. The lowest BCUT2D eigenvalue weighted by Gasteiger charge is -2.08. The van der Waals surface area contributed by atoms with Crippen molar-refractivity contribution in [1.29, 1.82) is 0 Å². The molecule has 1 aromatic rings. The summed E-state index contributed by atoms with van der Waals surface area (Å²) in [6.07, 6.45) is 1.31. The zero-order valence-corrected chi connectivity index (χ0v) is 9.07. The summed E-state index contributed by atoms with van der Waals surface area (Å²) < 4.78 is 2.37. The third-order valence-corrected chi connectivity index (χ3v) is 3.29. The minimum absolute atomic E-state index is 0.767. The molecule has 1 nitrogen and oxygen atoms in total. The topological polar surface area (TPSA) is 3.24 Å². The van der Waals surface area contributed by atoms with Crippen molar-refractivity contribution < 1.29 is 0 Å². The standard InChI is InChI=1S/C10H12IN/c11-12-7-6-10(8-12)9-4-2-1-3-5-9/h1-5,10H,6-8H2. The monoisotopic (exact) mass is 273 g/mol. The van der Waals surface area contributed by atoms with Crippen LogP contribution >= 0.6 is 22.9 Å². The first kappa shape index (κ1) is 8.51. The van der Waals surface area contributed by atoms with Crippen molar-refractivity contribution in [3.05, 3.63) is 35.9 Å². The van der Waals surface area contributed by atoms with Crippen molar-refractivity contribution in [2.75, 3.05) is 13.1 Å². The molecule has 1 unspecified atom stereocenters. The van der Waals surface area contributed by atoms with Crippen molar-refractivity contribution in [1.82, 2.24) is 3.11 Å². The van der Waals surface area contributed by atoms with E-state index >= 15 is 0 Å². The molecule has 0 aromatic heterocycles. The van der Waals surface area contributed by atoms with Gasteiger partial charge in [0.25, 0.3) is 0 Å². The van der Waals surface area contributed by atoms with Gasteiger partial charge >= 0.3 is 0 Å². The Balaban J connectivity index is 2.11. The molecule has 0 saturated carbocycles. The average molecular weight is 273 g/mol. The molecule has 1 heterocycles. The van der Waals surface area contributed by atoms with Gasteiger partial charge in [0, 0.05) is 36.0 Å². The number of nitrogens with zero attached hydrogens (tertiary/aromatic N) is 1. The van der Waals surface area contributed by atoms with E-state index in [1.165, 1.54) is 25.1 Å². The molecule has 1 saturated heterocycles. The SMILES string of the molecule is IN1CCC(c2ccccc2)C1. The second-order valence-electron chi connectivity index (χ2n) is 3.27. The van der Waals surface area contributed by atoms with Gasteiger partial charge in [-0.15, -0.1) is 0 Å². The first-order chi connectivity index (χ1) is 5.86. The van der Waals surface area contributed by atoms with Gasteiger partial charge in [-0.2, -0.15) is 0 Å². The highest BCUT2D eigenvalue weighted by atomic mass is 127. The van der Waals surface area contributed by atoms with Crippen LogP contribution in [0, 0.1) is 0 Å². The average Bonchev–Trinajstić information content (AvgIpc) is 2.54. The summed E-state index contributed by atoms with van der Waals surface area (Å²) in [5.41, 5.74) is 1.50. The van der Waals surface area contributed by atoms with E-state index in [0.29, 0.717) is 0 Å². The lowest BCUT2D eigenvalue weighted by atomic mass is 9.99. The van der Waals surface area contributed by atoms with Gasteiger partial charge in [-0.1, -0.05) is 30.3 Å². The highest BCUT2D eigenvalue weighted by Crippen LogP contribution is 2.28. The minimum atomic E-state index is 0.767. The molecular formula is C10H12IN. The van der Waals surface area contributed by atoms with E-state index in [1.54, 1.807) is 0 Å². The Morgan fingerprint density at radius 1 is 1.25 bits per heavy atom. The van der Waals surface area contributed by atoms with Gasteiger partial charge < -0.3 is 0 Å². The van der Waals surface area contributed by atoms with E-state index in [4.69, 9.17) is 0 Å². The van der Waals surface area contributed by atoms with Gasteiger partial charge in [0.05, 0.1) is 0 Å². The minimum Gasteiger partial charge on any atom is -0.247 e. The number of hydrogen-bond donors (Lipinski definition) is 0. The van der Waals surface area contributed by atoms with E-state index < -0.39 is 0 Å². The molecule has 1 aliphatic rings. The molecular weight excluding hydrogens is 261 g/mol. The van der Waals surface area contributed by atoms with Crippen LogP contribution in [0.25, 0.3) is 0 Å². The van der Waals surface area contributed by atoms with E-state index in [9.17, 15) is 0 Å². The maximum atomic E-state index is 2.41. The van der Waals surface area contributed by atoms with E-state index in [1.807, 2.05) is 0 Å². The Hall–Kier alpha value is -0.0900. The van der Waals surface area contributed by atoms with Crippen molar-refractivity contribution in [3.63, 3.8) is 0 Å². The molecule has 0 N–H and O–H groups in total. The summed E-state index contributed by atoms with van der Waals surface area (Å²) in [6, 6.07) is 10.8. The summed E-state index contributed by atoms with van der Waals surface area (Å²) >= 11 is 2.41. The molecule has 12 heavy (non-hydrogen) atoms. The highest BCUT2D eigenvalue weighted by molar-refractivity contribution is 14.1. The van der Waals surface area contributed by atoms with Crippen LogP contribution in [0.1, 0.15) is 17.9 Å². The van der Waals surface area contributed by atoms with Crippen molar-refractivity contribution in [3.8, 4) is 0 Å². The zero-order chi connectivity index (χ0) is 8.39. The normalized spacial score (nSPS) is 24.6. The van der Waals surface area contributed by atoms with Crippen molar-refractivity contribution >= 4 is 22.9 Å². The first-order valence-corrected chi connectivity index (χ1v) is 5.28. The number of hydrogen-bond acceptors (Lipinski definition) is 1. The maximum Gasteiger partial charge on any atom is 0.0201 e. The first-order valence-electron chi connectivity index (χ1n) is 4.32. The van der Waals surface area contributed by atoms with Gasteiger partial charge in [0.15, 0.2) is 0 Å². The smallest absolute Gasteiger partial charge is 0.0201 e. The summed E-state index contributed by atoms with van der Waals surface area (Å²) in [5.74, 6) is 0.767. The van der Waals surface area contributed by atoms with Crippen LogP contribution in [0.15, 0.2) is 30.3 Å². The fourth-order valence-electron chi connectivity index (χ4n) is 1.71. The molecule has 1 aliphatic heterocycles. The quantitative estimate of drug-likeness (QED) is 0.561. The molecule has 1 fully saturated rings. The lowest BCUT2D eigenvalue weighted by molar-refractivity contribution is 0.620. The predicted octanol–water partition coefficient (Wildman–Crippen LogP) is 2.83.